The van der Waals surface area contributed by atoms with Gasteiger partial charge in [0.2, 0.25) is 0 Å². The van der Waals surface area contributed by atoms with Crippen molar-refractivity contribution in [1.82, 2.24) is 4.57 Å². The van der Waals surface area contributed by atoms with E-state index in [4.69, 9.17) is 9.47 Å². The molecular formula is C15H15NO7. The monoisotopic (exact) mass is 321 g/mol. The number of nitrogens with zero attached hydrogens (tertiary/aromatic N) is 1. The van der Waals surface area contributed by atoms with Crippen LogP contribution in [0, 0.1) is 0 Å². The van der Waals surface area contributed by atoms with Crippen LogP contribution in [0.15, 0.2) is 24.3 Å². The van der Waals surface area contributed by atoms with E-state index < -0.39 is 34.8 Å². The minimum atomic E-state index is -1.51. The Hall–Kier alpha value is -3.16. The Kier molecular flexibility index (Phi) is 4.44. The molecule has 0 unspecified atom stereocenters. The van der Waals surface area contributed by atoms with Gasteiger partial charge in [0.1, 0.15) is 5.75 Å². The molecule has 0 atom stereocenters. The lowest BCUT2D eigenvalue weighted by atomic mass is 10.2. The molecule has 0 aliphatic heterocycles. The van der Waals surface area contributed by atoms with Crippen molar-refractivity contribution in [1.29, 1.82) is 0 Å². The van der Waals surface area contributed by atoms with E-state index >= 15 is 0 Å². The molecule has 122 valence electrons. The molecule has 1 aromatic heterocycles. The first-order chi connectivity index (χ1) is 10.9. The first-order valence-electron chi connectivity index (χ1n) is 6.63. The number of carboxylic acids is 1. The lowest BCUT2D eigenvalue weighted by Gasteiger charge is -2.11. The van der Waals surface area contributed by atoms with Crippen molar-refractivity contribution in [2.75, 3.05) is 13.7 Å². The van der Waals surface area contributed by atoms with Gasteiger partial charge in [-0.15, -0.1) is 0 Å². The van der Waals surface area contributed by atoms with E-state index in [2.05, 4.69) is 0 Å². The van der Waals surface area contributed by atoms with Crippen molar-refractivity contribution in [2.45, 2.75) is 6.92 Å². The molecule has 2 rings (SSSR count). The van der Waals surface area contributed by atoms with Gasteiger partial charge >= 0.3 is 11.9 Å². The van der Waals surface area contributed by atoms with E-state index in [0.717, 1.165) is 4.57 Å². The summed E-state index contributed by atoms with van der Waals surface area (Å²) in [5, 5.41) is 29.1. The van der Waals surface area contributed by atoms with Gasteiger partial charge in [-0.3, -0.25) is 4.57 Å². The Morgan fingerprint density at radius 2 is 1.65 bits per heavy atom. The topological polar surface area (TPSA) is 118 Å². The van der Waals surface area contributed by atoms with E-state index in [0.29, 0.717) is 5.75 Å². The van der Waals surface area contributed by atoms with E-state index in [9.17, 15) is 24.9 Å². The third kappa shape index (κ3) is 2.78. The summed E-state index contributed by atoms with van der Waals surface area (Å²) in [5.41, 5.74) is -0.871. The number of methoxy groups -OCH3 is 1. The van der Waals surface area contributed by atoms with Crippen LogP contribution in [0.25, 0.3) is 5.69 Å². The van der Waals surface area contributed by atoms with Gasteiger partial charge in [0.15, 0.2) is 22.9 Å². The summed E-state index contributed by atoms with van der Waals surface area (Å²) in [4.78, 5) is 23.5. The highest BCUT2D eigenvalue weighted by Gasteiger charge is 2.32. The number of aromatic nitrogens is 1. The smallest absolute Gasteiger partial charge is 0.359 e. The summed E-state index contributed by atoms with van der Waals surface area (Å²) in [5.74, 6) is -3.70. The highest BCUT2D eigenvalue weighted by Crippen LogP contribution is 2.38. The van der Waals surface area contributed by atoms with Crippen molar-refractivity contribution < 1.29 is 34.4 Å². The molecule has 0 saturated carbocycles. The van der Waals surface area contributed by atoms with Crippen molar-refractivity contribution in [3.8, 4) is 22.9 Å². The average Bonchev–Trinajstić information content (AvgIpc) is 2.80. The Morgan fingerprint density at radius 3 is 2.13 bits per heavy atom. The number of carbonyl (C=O) groups excluding carboxylic acids is 1. The highest BCUT2D eigenvalue weighted by atomic mass is 16.5. The van der Waals surface area contributed by atoms with Gasteiger partial charge in [0.05, 0.1) is 13.7 Å². The summed E-state index contributed by atoms with van der Waals surface area (Å²) < 4.78 is 10.7. The minimum absolute atomic E-state index is 0.0230. The number of aromatic carboxylic acids is 1. The van der Waals surface area contributed by atoms with E-state index in [1.54, 1.807) is 19.1 Å². The third-order valence-electron chi connectivity index (χ3n) is 3.12. The van der Waals surface area contributed by atoms with Gasteiger partial charge in [-0.2, -0.15) is 0 Å². The van der Waals surface area contributed by atoms with Crippen LogP contribution in [-0.2, 0) is 4.74 Å². The molecule has 0 amide bonds. The number of carbonyl (C=O) groups is 2. The molecule has 3 N–H and O–H groups in total. The predicted molar refractivity (Wildman–Crippen MR) is 78.6 cm³/mol. The van der Waals surface area contributed by atoms with Crippen LogP contribution in [0.4, 0.5) is 0 Å². The summed E-state index contributed by atoms with van der Waals surface area (Å²) in [6.07, 6.45) is 0. The highest BCUT2D eigenvalue weighted by molar-refractivity contribution is 5.99. The van der Waals surface area contributed by atoms with Crippen LogP contribution in [0.2, 0.25) is 0 Å². The van der Waals surface area contributed by atoms with Crippen LogP contribution in [0.1, 0.15) is 27.9 Å². The molecule has 0 saturated heterocycles. The fourth-order valence-corrected chi connectivity index (χ4v) is 2.12. The lowest BCUT2D eigenvalue weighted by Crippen LogP contribution is -2.15. The zero-order valence-corrected chi connectivity index (χ0v) is 12.4. The number of carboxylic acid groups (broad SMARTS) is 1. The molecule has 0 spiro atoms. The fraction of sp³-hybridized carbons (Fsp3) is 0.200. The van der Waals surface area contributed by atoms with Gasteiger partial charge in [-0.25, -0.2) is 9.59 Å². The first kappa shape index (κ1) is 16.2. The molecule has 0 aliphatic rings. The molecule has 1 aromatic carbocycles. The first-order valence-corrected chi connectivity index (χ1v) is 6.63. The molecule has 0 fully saturated rings. The summed E-state index contributed by atoms with van der Waals surface area (Å²) in [6.45, 7) is 1.59. The van der Waals surface area contributed by atoms with E-state index in [1.807, 2.05) is 0 Å². The second-order valence-corrected chi connectivity index (χ2v) is 4.45. The van der Waals surface area contributed by atoms with Crippen LogP contribution in [-0.4, -0.2) is 45.5 Å². The molecule has 8 nitrogen and oxygen atoms in total. The zero-order valence-electron chi connectivity index (χ0n) is 12.4. The largest absolute Gasteiger partial charge is 0.503 e. The lowest BCUT2D eigenvalue weighted by molar-refractivity contribution is 0.0513. The van der Waals surface area contributed by atoms with Crippen molar-refractivity contribution in [3.05, 3.63) is 35.7 Å². The van der Waals surface area contributed by atoms with Crippen LogP contribution < -0.4 is 4.74 Å². The van der Waals surface area contributed by atoms with E-state index in [-0.39, 0.29) is 12.3 Å². The molecule has 0 radical (unpaired) electrons. The Balaban J connectivity index is 2.74. The van der Waals surface area contributed by atoms with Crippen molar-refractivity contribution >= 4 is 11.9 Å². The Morgan fingerprint density at radius 1 is 1.09 bits per heavy atom. The zero-order chi connectivity index (χ0) is 17.1. The quantitative estimate of drug-likeness (QED) is 0.718. The Bertz CT molecular complexity index is 746. The molecule has 0 aliphatic carbocycles. The second kappa shape index (κ2) is 6.30. The number of ether oxygens (including phenoxy) is 2. The second-order valence-electron chi connectivity index (χ2n) is 4.45. The van der Waals surface area contributed by atoms with Crippen LogP contribution >= 0.6 is 0 Å². The summed E-state index contributed by atoms with van der Waals surface area (Å²) in [6, 6.07) is 6.05. The standard InChI is InChI=1S/C15H15NO7/c1-3-23-15(21)11-13(18)12(17)10(14(19)20)16(11)8-4-6-9(22-2)7-5-8/h4-7,17-18H,3H2,1-2H3,(H,19,20). The third-order valence-corrected chi connectivity index (χ3v) is 3.12. The molecule has 23 heavy (non-hydrogen) atoms. The van der Waals surface area contributed by atoms with E-state index in [1.165, 1.54) is 19.2 Å². The van der Waals surface area contributed by atoms with Crippen LogP contribution in [0.3, 0.4) is 0 Å². The van der Waals surface area contributed by atoms with Gasteiger partial charge in [0, 0.05) is 5.69 Å². The Labute approximate surface area is 131 Å². The van der Waals surface area contributed by atoms with Gasteiger partial charge < -0.3 is 24.8 Å². The number of benzene rings is 1. The fourth-order valence-electron chi connectivity index (χ4n) is 2.12. The normalized spacial score (nSPS) is 10.3. The predicted octanol–water partition coefficient (Wildman–Crippen LogP) is 1.77. The van der Waals surface area contributed by atoms with Gasteiger partial charge in [-0.05, 0) is 31.2 Å². The number of aromatic hydroxyl groups is 2. The van der Waals surface area contributed by atoms with Crippen molar-refractivity contribution in [2.24, 2.45) is 0 Å². The van der Waals surface area contributed by atoms with Crippen LogP contribution in [0.5, 0.6) is 17.2 Å². The number of esters is 1. The molecule has 2 aromatic rings. The minimum Gasteiger partial charge on any atom is -0.503 e. The van der Waals surface area contributed by atoms with Gasteiger partial charge in [0.25, 0.3) is 0 Å². The number of hydrogen-bond acceptors (Lipinski definition) is 6. The molecule has 8 heteroatoms. The maximum atomic E-state index is 12.0. The molecule has 0 bridgehead atoms. The maximum Gasteiger partial charge on any atom is 0.359 e. The maximum absolute atomic E-state index is 12.0. The molecule has 1 heterocycles. The number of hydrogen-bond donors (Lipinski definition) is 3. The summed E-state index contributed by atoms with van der Waals surface area (Å²) >= 11 is 0. The number of rotatable bonds is 5. The average molecular weight is 321 g/mol. The summed E-state index contributed by atoms with van der Waals surface area (Å²) in [7, 11) is 1.47. The molecular weight excluding hydrogens is 306 g/mol. The van der Waals surface area contributed by atoms with Crippen molar-refractivity contribution in [3.63, 3.8) is 0 Å². The SMILES string of the molecule is CCOC(=O)c1c(O)c(O)c(C(=O)O)n1-c1ccc(OC)cc1. The van der Waals surface area contributed by atoms with Gasteiger partial charge in [-0.1, -0.05) is 0 Å².